The second kappa shape index (κ2) is 7.34. The van der Waals surface area contributed by atoms with Crippen LogP contribution in [0.5, 0.6) is 5.75 Å². The van der Waals surface area contributed by atoms with Crippen molar-refractivity contribution >= 4 is 27.4 Å². The van der Waals surface area contributed by atoms with Crippen LogP contribution in [-0.4, -0.2) is 38.2 Å². The van der Waals surface area contributed by atoms with Gasteiger partial charge in [0.15, 0.2) is 5.78 Å². The summed E-state index contributed by atoms with van der Waals surface area (Å²) in [7, 11) is -2.43. The fourth-order valence-electron chi connectivity index (χ4n) is 3.01. The van der Waals surface area contributed by atoms with Crippen LogP contribution in [0.3, 0.4) is 0 Å². The highest BCUT2D eigenvalue weighted by molar-refractivity contribution is 7.89. The van der Waals surface area contributed by atoms with Crippen LogP contribution in [0.15, 0.2) is 47.4 Å². The van der Waals surface area contributed by atoms with Crippen LogP contribution in [0.25, 0.3) is 0 Å². The molecular weight excluding hydrogens is 381 g/mol. The van der Waals surface area contributed by atoms with Crippen molar-refractivity contribution in [1.82, 2.24) is 4.31 Å². The third kappa shape index (κ3) is 3.47. The number of benzene rings is 2. The summed E-state index contributed by atoms with van der Waals surface area (Å²) in [6.45, 7) is 0.226. The number of rotatable bonds is 5. The number of halogens is 2. The molecule has 3 rings (SSSR count). The van der Waals surface area contributed by atoms with Crippen LogP contribution in [0.2, 0.25) is 5.02 Å². The minimum absolute atomic E-state index is 0.127. The Hall–Kier alpha value is -1.96. The van der Waals surface area contributed by atoms with Gasteiger partial charge in [-0.2, -0.15) is 4.31 Å². The molecule has 0 spiro atoms. The van der Waals surface area contributed by atoms with Crippen LogP contribution >= 0.6 is 11.6 Å². The van der Waals surface area contributed by atoms with Crippen LogP contribution in [-0.2, 0) is 10.0 Å². The van der Waals surface area contributed by atoms with E-state index in [0.29, 0.717) is 24.2 Å². The summed E-state index contributed by atoms with van der Waals surface area (Å²) in [5.74, 6) is -0.363. The normalized spacial score (nSPS) is 18.0. The van der Waals surface area contributed by atoms with Gasteiger partial charge in [-0.25, -0.2) is 12.8 Å². The zero-order valence-corrected chi connectivity index (χ0v) is 15.6. The lowest BCUT2D eigenvalue weighted by Gasteiger charge is -2.23. The van der Waals surface area contributed by atoms with Crippen LogP contribution in [0.4, 0.5) is 4.39 Å². The number of nitrogens with zero attached hydrogens (tertiary/aromatic N) is 1. The maximum atomic E-state index is 13.3. The zero-order chi connectivity index (χ0) is 18.9. The Kier molecular flexibility index (Phi) is 5.32. The van der Waals surface area contributed by atoms with E-state index >= 15 is 0 Å². The van der Waals surface area contributed by atoms with E-state index in [-0.39, 0.29) is 22.2 Å². The van der Waals surface area contributed by atoms with Gasteiger partial charge >= 0.3 is 0 Å². The maximum Gasteiger partial charge on any atom is 0.243 e. The lowest BCUT2D eigenvalue weighted by Crippen LogP contribution is -2.40. The Labute approximate surface area is 156 Å². The second-order valence-corrected chi connectivity index (χ2v) is 8.24. The Morgan fingerprint density at radius 3 is 2.54 bits per heavy atom. The first-order valence-electron chi connectivity index (χ1n) is 8.00. The number of carbonyl (C=O) groups is 1. The highest BCUT2D eigenvalue weighted by Crippen LogP contribution is 2.30. The SMILES string of the molecule is COc1ccc(C(=O)[C@@H]2CCCN2S(=O)(=O)c2ccc(F)c(Cl)c2)cc1. The monoisotopic (exact) mass is 397 g/mol. The molecule has 1 heterocycles. The predicted molar refractivity (Wildman–Crippen MR) is 95.6 cm³/mol. The predicted octanol–water partition coefficient (Wildman–Crippen LogP) is 3.52. The van der Waals surface area contributed by atoms with Gasteiger partial charge in [-0.3, -0.25) is 4.79 Å². The Bertz CT molecular complexity index is 931. The molecule has 1 aliphatic rings. The van der Waals surface area contributed by atoms with E-state index in [4.69, 9.17) is 16.3 Å². The van der Waals surface area contributed by atoms with E-state index in [0.717, 1.165) is 18.2 Å². The van der Waals surface area contributed by atoms with Crippen LogP contribution in [0, 0.1) is 5.82 Å². The molecule has 0 saturated carbocycles. The number of ketones is 1. The highest BCUT2D eigenvalue weighted by atomic mass is 35.5. The molecule has 0 aliphatic carbocycles. The minimum Gasteiger partial charge on any atom is -0.497 e. The summed E-state index contributed by atoms with van der Waals surface area (Å²) in [5.41, 5.74) is 0.412. The van der Waals surface area contributed by atoms with E-state index in [1.807, 2.05) is 0 Å². The molecule has 0 aromatic heterocycles. The van der Waals surface area contributed by atoms with Gasteiger partial charge in [0.2, 0.25) is 10.0 Å². The van der Waals surface area contributed by atoms with Crippen molar-refractivity contribution in [1.29, 1.82) is 0 Å². The molecule has 2 aromatic rings. The van der Waals surface area contributed by atoms with Crippen molar-refractivity contribution in [2.45, 2.75) is 23.8 Å². The van der Waals surface area contributed by atoms with Crippen molar-refractivity contribution in [3.63, 3.8) is 0 Å². The molecular formula is C18H17ClFNO4S. The van der Waals surface area contributed by atoms with Crippen LogP contribution < -0.4 is 4.74 Å². The van der Waals surface area contributed by atoms with Gasteiger partial charge in [0.25, 0.3) is 0 Å². The fourth-order valence-corrected chi connectivity index (χ4v) is 4.94. The number of carbonyl (C=O) groups excluding carboxylic acids is 1. The molecule has 2 aromatic carbocycles. The largest absolute Gasteiger partial charge is 0.497 e. The average molecular weight is 398 g/mol. The molecule has 1 saturated heterocycles. The molecule has 26 heavy (non-hydrogen) atoms. The standard InChI is InChI=1S/C18H17ClFNO4S/c1-25-13-6-4-12(5-7-13)18(22)17-3-2-10-21(17)26(23,24)14-8-9-16(20)15(19)11-14/h4-9,11,17H,2-3,10H2,1H3/t17-/m0/s1. The summed E-state index contributed by atoms with van der Waals surface area (Å²) in [6.07, 6.45) is 1.000. The highest BCUT2D eigenvalue weighted by Gasteiger charge is 2.39. The van der Waals surface area contributed by atoms with Gasteiger partial charge in [-0.05, 0) is 55.3 Å². The quantitative estimate of drug-likeness (QED) is 0.724. The number of ether oxygens (including phenoxy) is 1. The number of methoxy groups -OCH3 is 1. The topological polar surface area (TPSA) is 63.7 Å². The molecule has 0 amide bonds. The van der Waals surface area contributed by atoms with Crippen molar-refractivity contribution in [2.24, 2.45) is 0 Å². The molecule has 1 fully saturated rings. The van der Waals surface area contributed by atoms with E-state index in [1.165, 1.54) is 11.4 Å². The van der Waals surface area contributed by atoms with E-state index in [9.17, 15) is 17.6 Å². The molecule has 5 nitrogen and oxygen atoms in total. The van der Waals surface area contributed by atoms with Crippen molar-refractivity contribution < 1.29 is 22.3 Å². The first-order chi connectivity index (χ1) is 12.3. The fraction of sp³-hybridized carbons (Fsp3) is 0.278. The molecule has 0 N–H and O–H groups in total. The summed E-state index contributed by atoms with van der Waals surface area (Å²) in [5, 5.41) is -0.275. The molecule has 1 aliphatic heterocycles. The zero-order valence-electron chi connectivity index (χ0n) is 14.0. The third-order valence-corrected chi connectivity index (χ3v) is 6.57. The molecule has 1 atom stereocenters. The van der Waals surface area contributed by atoms with E-state index in [1.54, 1.807) is 24.3 Å². The third-order valence-electron chi connectivity index (χ3n) is 4.38. The molecule has 0 unspecified atom stereocenters. The lowest BCUT2D eigenvalue weighted by atomic mass is 10.0. The van der Waals surface area contributed by atoms with Gasteiger partial charge in [0.05, 0.1) is 23.1 Å². The number of hydrogen-bond acceptors (Lipinski definition) is 4. The Morgan fingerprint density at radius 2 is 1.92 bits per heavy atom. The molecule has 138 valence electrons. The Balaban J connectivity index is 1.91. The van der Waals surface area contributed by atoms with Crippen molar-refractivity contribution in [3.05, 3.63) is 58.9 Å². The second-order valence-electron chi connectivity index (χ2n) is 5.94. The smallest absolute Gasteiger partial charge is 0.243 e. The van der Waals surface area contributed by atoms with Gasteiger partial charge in [0.1, 0.15) is 11.6 Å². The number of Topliss-reactive ketones (excluding diaryl/α,β-unsaturated/α-hetero) is 1. The summed E-state index contributed by atoms with van der Waals surface area (Å²) in [6, 6.07) is 8.96. The first kappa shape index (κ1) is 18.8. The first-order valence-corrected chi connectivity index (χ1v) is 9.81. The Morgan fingerprint density at radius 1 is 1.23 bits per heavy atom. The summed E-state index contributed by atoms with van der Waals surface area (Å²) >= 11 is 5.71. The van der Waals surface area contributed by atoms with Gasteiger partial charge in [0, 0.05) is 12.1 Å². The van der Waals surface area contributed by atoms with E-state index < -0.39 is 21.9 Å². The van der Waals surface area contributed by atoms with Gasteiger partial charge < -0.3 is 4.74 Å². The van der Waals surface area contributed by atoms with E-state index in [2.05, 4.69) is 0 Å². The number of hydrogen-bond donors (Lipinski definition) is 0. The summed E-state index contributed by atoms with van der Waals surface area (Å²) in [4.78, 5) is 12.7. The molecule has 0 radical (unpaired) electrons. The maximum absolute atomic E-state index is 13.3. The lowest BCUT2D eigenvalue weighted by molar-refractivity contribution is 0.0918. The van der Waals surface area contributed by atoms with Gasteiger partial charge in [-0.1, -0.05) is 11.6 Å². The van der Waals surface area contributed by atoms with Crippen molar-refractivity contribution in [2.75, 3.05) is 13.7 Å². The molecule has 0 bridgehead atoms. The van der Waals surface area contributed by atoms with Crippen molar-refractivity contribution in [3.8, 4) is 5.75 Å². The van der Waals surface area contributed by atoms with Gasteiger partial charge in [-0.15, -0.1) is 0 Å². The molecule has 8 heteroatoms. The minimum atomic E-state index is -3.96. The summed E-state index contributed by atoms with van der Waals surface area (Å²) < 4.78 is 45.4. The number of sulfonamides is 1. The van der Waals surface area contributed by atoms with Crippen LogP contribution in [0.1, 0.15) is 23.2 Å². The average Bonchev–Trinajstić information content (AvgIpc) is 3.14.